The molecule has 1 aromatic heterocycles. The van der Waals surface area contributed by atoms with Crippen LogP contribution < -0.4 is 4.74 Å². The lowest BCUT2D eigenvalue weighted by atomic mass is 10.2. The van der Waals surface area contributed by atoms with E-state index in [1.807, 2.05) is 44.2 Å². The van der Waals surface area contributed by atoms with Gasteiger partial charge in [-0.25, -0.2) is 9.78 Å². The third-order valence-corrected chi connectivity index (χ3v) is 2.92. The van der Waals surface area contributed by atoms with E-state index < -0.39 is 5.97 Å². The lowest BCUT2D eigenvalue weighted by molar-refractivity contribution is -0.131. The van der Waals surface area contributed by atoms with E-state index in [2.05, 4.69) is 4.98 Å². The molecule has 108 valence electrons. The number of nitrogens with zero attached hydrogens (tertiary/aromatic N) is 1. The first-order chi connectivity index (χ1) is 10.0. The molecule has 21 heavy (non-hydrogen) atoms. The van der Waals surface area contributed by atoms with E-state index in [0.29, 0.717) is 18.1 Å². The number of hydrogen-bond acceptors (Lipinski definition) is 3. The van der Waals surface area contributed by atoms with Crippen molar-refractivity contribution in [1.29, 1.82) is 0 Å². The van der Waals surface area contributed by atoms with Gasteiger partial charge in [-0.2, -0.15) is 0 Å². The van der Waals surface area contributed by atoms with E-state index in [-0.39, 0.29) is 0 Å². The summed E-state index contributed by atoms with van der Waals surface area (Å²) in [6.45, 7) is 4.30. The molecule has 4 nitrogen and oxygen atoms in total. The Hall–Kier alpha value is -2.62. The van der Waals surface area contributed by atoms with Crippen molar-refractivity contribution in [3.05, 3.63) is 65.0 Å². The summed E-state index contributed by atoms with van der Waals surface area (Å²) in [5.41, 5.74) is 3.57. The molecule has 4 heteroatoms. The smallest absolute Gasteiger partial charge is 0.328 e. The fourth-order valence-corrected chi connectivity index (χ4v) is 1.80. The summed E-state index contributed by atoms with van der Waals surface area (Å²) in [5, 5.41) is 8.71. The van der Waals surface area contributed by atoms with Gasteiger partial charge in [-0.15, -0.1) is 0 Å². The second-order valence-electron chi connectivity index (χ2n) is 4.78. The highest BCUT2D eigenvalue weighted by Gasteiger charge is 2.04. The van der Waals surface area contributed by atoms with Gasteiger partial charge >= 0.3 is 5.97 Å². The molecule has 0 saturated carbocycles. The Kier molecular flexibility index (Phi) is 4.72. The Bertz CT molecular complexity index is 660. The maximum Gasteiger partial charge on any atom is 0.328 e. The van der Waals surface area contributed by atoms with Crippen LogP contribution in [0.15, 0.2) is 42.5 Å². The average Bonchev–Trinajstić information content (AvgIpc) is 2.45. The standard InChI is InChI=1S/C17H17NO3/c1-12-3-6-14(7-4-12)11-21-16-9-5-13(2)18-15(16)8-10-17(19)20/h3-10H,11H2,1-2H3,(H,19,20). The highest BCUT2D eigenvalue weighted by Crippen LogP contribution is 2.20. The second-order valence-corrected chi connectivity index (χ2v) is 4.78. The number of aryl methyl sites for hydroxylation is 2. The van der Waals surface area contributed by atoms with Crippen molar-refractivity contribution >= 4 is 12.0 Å². The van der Waals surface area contributed by atoms with Crippen LogP contribution in [0.2, 0.25) is 0 Å². The molecule has 0 atom stereocenters. The number of carboxylic acid groups (broad SMARTS) is 1. The quantitative estimate of drug-likeness (QED) is 0.855. The normalized spacial score (nSPS) is 10.8. The number of pyridine rings is 1. The molecule has 1 aromatic carbocycles. The van der Waals surface area contributed by atoms with Crippen molar-refractivity contribution in [2.45, 2.75) is 20.5 Å². The summed E-state index contributed by atoms with van der Waals surface area (Å²) in [6.07, 6.45) is 2.50. The predicted octanol–water partition coefficient (Wildman–Crippen LogP) is 3.38. The third kappa shape index (κ3) is 4.45. The SMILES string of the molecule is Cc1ccc(COc2ccc(C)nc2C=CC(=O)O)cc1. The van der Waals surface area contributed by atoms with Crippen molar-refractivity contribution < 1.29 is 14.6 Å². The lowest BCUT2D eigenvalue weighted by Crippen LogP contribution is -1.99. The largest absolute Gasteiger partial charge is 0.487 e. The van der Waals surface area contributed by atoms with Gasteiger partial charge in [0.1, 0.15) is 18.1 Å². The van der Waals surface area contributed by atoms with Crippen LogP contribution >= 0.6 is 0 Å². The number of aliphatic carboxylic acids is 1. The summed E-state index contributed by atoms with van der Waals surface area (Å²) in [5.74, 6) is -0.443. The number of carbonyl (C=O) groups is 1. The fraction of sp³-hybridized carbons (Fsp3) is 0.176. The molecule has 2 aromatic rings. The molecule has 0 unspecified atom stereocenters. The molecule has 0 spiro atoms. The molecular formula is C17H17NO3. The number of carboxylic acids is 1. The number of rotatable bonds is 5. The molecule has 0 saturated heterocycles. The maximum absolute atomic E-state index is 10.6. The molecule has 0 aliphatic rings. The van der Waals surface area contributed by atoms with Crippen molar-refractivity contribution in [2.75, 3.05) is 0 Å². The number of ether oxygens (including phenoxy) is 1. The van der Waals surface area contributed by atoms with E-state index >= 15 is 0 Å². The molecule has 2 rings (SSSR count). The van der Waals surface area contributed by atoms with Crippen molar-refractivity contribution in [1.82, 2.24) is 4.98 Å². The zero-order valence-corrected chi connectivity index (χ0v) is 12.0. The summed E-state index contributed by atoms with van der Waals surface area (Å²) < 4.78 is 5.74. The van der Waals surface area contributed by atoms with Crippen LogP contribution in [0.5, 0.6) is 5.75 Å². The molecule has 0 amide bonds. The third-order valence-electron chi connectivity index (χ3n) is 2.92. The minimum Gasteiger partial charge on any atom is -0.487 e. The molecular weight excluding hydrogens is 266 g/mol. The summed E-state index contributed by atoms with van der Waals surface area (Å²) in [6, 6.07) is 11.7. The number of hydrogen-bond donors (Lipinski definition) is 1. The highest BCUT2D eigenvalue weighted by atomic mass is 16.5. The molecule has 1 N–H and O–H groups in total. The topological polar surface area (TPSA) is 59.4 Å². The average molecular weight is 283 g/mol. The van der Waals surface area contributed by atoms with Crippen LogP contribution in [0.1, 0.15) is 22.5 Å². The fourth-order valence-electron chi connectivity index (χ4n) is 1.80. The van der Waals surface area contributed by atoms with Crippen molar-refractivity contribution in [3.8, 4) is 5.75 Å². The van der Waals surface area contributed by atoms with E-state index in [1.165, 1.54) is 11.6 Å². The number of aromatic nitrogens is 1. The van der Waals surface area contributed by atoms with Gasteiger partial charge in [0.25, 0.3) is 0 Å². The van der Waals surface area contributed by atoms with Gasteiger partial charge < -0.3 is 9.84 Å². The van der Waals surface area contributed by atoms with Crippen LogP contribution in [0.3, 0.4) is 0 Å². The molecule has 0 aliphatic heterocycles. The Morgan fingerprint density at radius 3 is 2.57 bits per heavy atom. The van der Waals surface area contributed by atoms with Gasteiger partial charge in [0.15, 0.2) is 0 Å². The first kappa shape index (κ1) is 14.8. The molecule has 0 bridgehead atoms. The van der Waals surface area contributed by atoms with Crippen LogP contribution in [0, 0.1) is 13.8 Å². The van der Waals surface area contributed by atoms with Crippen LogP contribution in [-0.2, 0) is 11.4 Å². The molecule has 0 aliphatic carbocycles. The molecule has 0 radical (unpaired) electrons. The minimum atomic E-state index is -1.01. The van der Waals surface area contributed by atoms with E-state index in [0.717, 1.165) is 17.3 Å². The molecule has 1 heterocycles. The van der Waals surface area contributed by atoms with Crippen LogP contribution in [0.4, 0.5) is 0 Å². The lowest BCUT2D eigenvalue weighted by Gasteiger charge is -2.09. The van der Waals surface area contributed by atoms with Crippen LogP contribution in [0.25, 0.3) is 6.08 Å². The highest BCUT2D eigenvalue weighted by molar-refractivity contribution is 5.85. The maximum atomic E-state index is 10.6. The summed E-state index contributed by atoms with van der Waals surface area (Å²) >= 11 is 0. The Balaban J connectivity index is 2.15. The van der Waals surface area contributed by atoms with Gasteiger partial charge in [-0.05, 0) is 37.6 Å². The zero-order chi connectivity index (χ0) is 15.2. The minimum absolute atomic E-state index is 0.416. The van der Waals surface area contributed by atoms with Gasteiger partial charge in [-0.3, -0.25) is 0 Å². The Morgan fingerprint density at radius 2 is 1.90 bits per heavy atom. The summed E-state index contributed by atoms with van der Waals surface area (Å²) in [4.78, 5) is 14.9. The van der Waals surface area contributed by atoms with Gasteiger partial charge in [0, 0.05) is 11.8 Å². The van der Waals surface area contributed by atoms with E-state index in [1.54, 1.807) is 6.07 Å². The first-order valence-corrected chi connectivity index (χ1v) is 6.61. The van der Waals surface area contributed by atoms with Gasteiger partial charge in [-0.1, -0.05) is 29.8 Å². The van der Waals surface area contributed by atoms with E-state index in [4.69, 9.17) is 9.84 Å². The van der Waals surface area contributed by atoms with Gasteiger partial charge in [0.2, 0.25) is 0 Å². The van der Waals surface area contributed by atoms with Gasteiger partial charge in [0.05, 0.1) is 0 Å². The second kappa shape index (κ2) is 6.70. The zero-order valence-electron chi connectivity index (χ0n) is 12.0. The predicted molar refractivity (Wildman–Crippen MR) is 81.2 cm³/mol. The monoisotopic (exact) mass is 283 g/mol. The van der Waals surface area contributed by atoms with E-state index in [9.17, 15) is 4.79 Å². The van der Waals surface area contributed by atoms with Crippen molar-refractivity contribution in [2.24, 2.45) is 0 Å². The Labute approximate surface area is 123 Å². The number of benzene rings is 1. The van der Waals surface area contributed by atoms with Crippen molar-refractivity contribution in [3.63, 3.8) is 0 Å². The van der Waals surface area contributed by atoms with Crippen LogP contribution in [-0.4, -0.2) is 16.1 Å². The Morgan fingerprint density at radius 1 is 1.19 bits per heavy atom. The molecule has 0 fully saturated rings. The summed E-state index contributed by atoms with van der Waals surface area (Å²) in [7, 11) is 0. The first-order valence-electron chi connectivity index (χ1n) is 6.61.